The number of hydrogen-bond donors (Lipinski definition) is 1. The quantitative estimate of drug-likeness (QED) is 0.611. The van der Waals surface area contributed by atoms with E-state index >= 15 is 0 Å². The molecule has 3 aromatic heterocycles. The van der Waals surface area contributed by atoms with Crippen LogP contribution in [0.5, 0.6) is 0 Å². The van der Waals surface area contributed by atoms with Gasteiger partial charge < -0.3 is 5.32 Å². The van der Waals surface area contributed by atoms with E-state index in [1.165, 1.54) is 0 Å². The maximum Gasteiger partial charge on any atom is 0.185 e. The Balaban J connectivity index is 1.54. The Morgan fingerprint density at radius 3 is 2.71 bits per heavy atom. The van der Waals surface area contributed by atoms with Gasteiger partial charge in [-0.2, -0.15) is 9.61 Å². The minimum atomic E-state index is 0.724. The summed E-state index contributed by atoms with van der Waals surface area (Å²) < 4.78 is 3.67. The SMILES string of the molecule is Cc1cnn(CCNc2ccc3nnc(-c4ccccc4)n3n2)c1. The van der Waals surface area contributed by atoms with Crippen LogP contribution in [0.1, 0.15) is 5.56 Å². The van der Waals surface area contributed by atoms with Crippen LogP contribution in [-0.4, -0.2) is 36.1 Å². The molecule has 0 aliphatic rings. The number of fused-ring (bicyclic) bond motifs is 1. The molecular formula is C17H17N7. The molecule has 0 saturated carbocycles. The van der Waals surface area contributed by atoms with E-state index < -0.39 is 0 Å². The van der Waals surface area contributed by atoms with E-state index in [1.54, 1.807) is 4.52 Å². The van der Waals surface area contributed by atoms with Crippen molar-refractivity contribution in [3.8, 4) is 11.4 Å². The summed E-state index contributed by atoms with van der Waals surface area (Å²) in [6, 6.07) is 13.7. The van der Waals surface area contributed by atoms with Gasteiger partial charge in [0.05, 0.1) is 12.7 Å². The fourth-order valence-corrected chi connectivity index (χ4v) is 2.54. The normalized spacial score (nSPS) is 11.0. The molecule has 7 nitrogen and oxygen atoms in total. The molecule has 0 radical (unpaired) electrons. The second kappa shape index (κ2) is 6.11. The zero-order valence-electron chi connectivity index (χ0n) is 13.3. The molecule has 1 N–H and O–H groups in total. The lowest BCUT2D eigenvalue weighted by Crippen LogP contribution is -2.12. The van der Waals surface area contributed by atoms with Crippen molar-refractivity contribution in [2.45, 2.75) is 13.5 Å². The van der Waals surface area contributed by atoms with E-state index in [2.05, 4.69) is 25.7 Å². The van der Waals surface area contributed by atoms with E-state index in [1.807, 2.05) is 66.5 Å². The Bertz CT molecular complexity index is 955. The van der Waals surface area contributed by atoms with Gasteiger partial charge >= 0.3 is 0 Å². The van der Waals surface area contributed by atoms with Gasteiger partial charge in [-0.1, -0.05) is 30.3 Å². The van der Waals surface area contributed by atoms with Crippen LogP contribution in [-0.2, 0) is 6.54 Å². The molecule has 0 unspecified atom stereocenters. The molecular weight excluding hydrogens is 302 g/mol. The number of benzene rings is 1. The fourth-order valence-electron chi connectivity index (χ4n) is 2.54. The molecule has 0 bridgehead atoms. The second-order valence-electron chi connectivity index (χ2n) is 5.59. The zero-order valence-corrected chi connectivity index (χ0v) is 13.3. The number of rotatable bonds is 5. The predicted octanol–water partition coefficient (Wildman–Crippen LogP) is 2.41. The van der Waals surface area contributed by atoms with Crippen LogP contribution in [0.2, 0.25) is 0 Å². The van der Waals surface area contributed by atoms with Gasteiger partial charge in [-0.15, -0.1) is 15.3 Å². The summed E-state index contributed by atoms with van der Waals surface area (Å²) in [7, 11) is 0. The van der Waals surface area contributed by atoms with E-state index in [-0.39, 0.29) is 0 Å². The largest absolute Gasteiger partial charge is 0.367 e. The average Bonchev–Trinajstić information content (AvgIpc) is 3.21. The van der Waals surface area contributed by atoms with E-state index in [4.69, 9.17) is 0 Å². The van der Waals surface area contributed by atoms with Gasteiger partial charge in [-0.3, -0.25) is 4.68 Å². The van der Waals surface area contributed by atoms with E-state index in [0.717, 1.165) is 41.5 Å². The molecule has 1 aromatic carbocycles. The molecule has 0 atom stereocenters. The summed E-state index contributed by atoms with van der Waals surface area (Å²) in [4.78, 5) is 0. The summed E-state index contributed by atoms with van der Waals surface area (Å²) >= 11 is 0. The fraction of sp³-hybridized carbons (Fsp3) is 0.176. The predicted molar refractivity (Wildman–Crippen MR) is 91.7 cm³/mol. The van der Waals surface area contributed by atoms with Gasteiger partial charge in [-0.05, 0) is 24.6 Å². The van der Waals surface area contributed by atoms with Crippen LogP contribution in [0.25, 0.3) is 17.0 Å². The first kappa shape index (κ1) is 14.4. The van der Waals surface area contributed by atoms with Crippen molar-refractivity contribution in [3.05, 3.63) is 60.4 Å². The van der Waals surface area contributed by atoms with Gasteiger partial charge in [0.2, 0.25) is 0 Å². The number of aromatic nitrogens is 6. The third-order valence-electron chi connectivity index (χ3n) is 3.70. The van der Waals surface area contributed by atoms with Crippen molar-refractivity contribution in [2.75, 3.05) is 11.9 Å². The molecule has 3 heterocycles. The van der Waals surface area contributed by atoms with Crippen molar-refractivity contribution in [2.24, 2.45) is 0 Å². The standard InChI is InChI=1S/C17H17N7/c1-13-11-19-23(12-13)10-9-18-15-7-8-16-20-21-17(24(16)22-15)14-5-3-2-4-6-14/h2-8,11-12H,9-10H2,1H3,(H,18,22). The Labute approximate surface area is 139 Å². The smallest absolute Gasteiger partial charge is 0.185 e. The van der Waals surface area contributed by atoms with E-state index in [9.17, 15) is 0 Å². The number of nitrogens with zero attached hydrogens (tertiary/aromatic N) is 6. The van der Waals surface area contributed by atoms with Crippen molar-refractivity contribution in [1.82, 2.24) is 29.6 Å². The van der Waals surface area contributed by atoms with Gasteiger partial charge in [0.15, 0.2) is 11.5 Å². The maximum absolute atomic E-state index is 4.60. The molecule has 0 saturated heterocycles. The minimum absolute atomic E-state index is 0.724. The average molecular weight is 319 g/mol. The van der Waals surface area contributed by atoms with Gasteiger partial charge in [0.1, 0.15) is 5.82 Å². The summed E-state index contributed by atoms with van der Waals surface area (Å²) in [5.74, 6) is 1.51. The molecule has 0 amide bonds. The van der Waals surface area contributed by atoms with Crippen LogP contribution < -0.4 is 5.32 Å². The molecule has 4 aromatic rings. The van der Waals surface area contributed by atoms with Gasteiger partial charge in [-0.25, -0.2) is 0 Å². The van der Waals surface area contributed by atoms with Crippen molar-refractivity contribution < 1.29 is 0 Å². The molecule has 4 rings (SSSR count). The molecule has 0 aliphatic heterocycles. The molecule has 120 valence electrons. The van der Waals surface area contributed by atoms with E-state index in [0.29, 0.717) is 0 Å². The Hall–Kier alpha value is -3.22. The van der Waals surface area contributed by atoms with Crippen LogP contribution >= 0.6 is 0 Å². The molecule has 0 fully saturated rings. The van der Waals surface area contributed by atoms with Crippen molar-refractivity contribution >= 4 is 11.5 Å². The Kier molecular flexibility index (Phi) is 3.66. The van der Waals surface area contributed by atoms with Gasteiger partial charge in [0.25, 0.3) is 0 Å². The first-order valence-corrected chi connectivity index (χ1v) is 7.80. The molecule has 0 aliphatic carbocycles. The number of hydrogen-bond acceptors (Lipinski definition) is 5. The summed E-state index contributed by atoms with van der Waals surface area (Å²) in [5, 5.41) is 20.6. The minimum Gasteiger partial charge on any atom is -0.367 e. The van der Waals surface area contributed by atoms with Crippen LogP contribution in [0.4, 0.5) is 5.82 Å². The highest BCUT2D eigenvalue weighted by molar-refractivity contribution is 5.59. The van der Waals surface area contributed by atoms with Crippen molar-refractivity contribution in [1.29, 1.82) is 0 Å². The molecule has 7 heteroatoms. The van der Waals surface area contributed by atoms with Crippen LogP contribution in [0, 0.1) is 6.92 Å². The summed E-state index contributed by atoms with van der Waals surface area (Å²) in [5.41, 5.74) is 2.87. The maximum atomic E-state index is 4.60. The number of anilines is 1. The summed E-state index contributed by atoms with van der Waals surface area (Å²) in [6.07, 6.45) is 3.87. The van der Waals surface area contributed by atoms with Crippen LogP contribution in [0.15, 0.2) is 54.9 Å². The summed E-state index contributed by atoms with van der Waals surface area (Å²) in [6.45, 7) is 3.55. The van der Waals surface area contributed by atoms with Crippen LogP contribution in [0.3, 0.4) is 0 Å². The topological polar surface area (TPSA) is 72.9 Å². The molecule has 24 heavy (non-hydrogen) atoms. The molecule has 0 spiro atoms. The monoisotopic (exact) mass is 319 g/mol. The second-order valence-corrected chi connectivity index (χ2v) is 5.59. The highest BCUT2D eigenvalue weighted by atomic mass is 15.4. The van der Waals surface area contributed by atoms with Crippen molar-refractivity contribution in [3.63, 3.8) is 0 Å². The highest BCUT2D eigenvalue weighted by Crippen LogP contribution is 2.17. The van der Waals surface area contributed by atoms with Gasteiger partial charge in [0, 0.05) is 18.3 Å². The third kappa shape index (κ3) is 2.83. The first-order valence-electron chi connectivity index (χ1n) is 7.80. The number of nitrogens with one attached hydrogen (secondary N) is 1. The first-order chi connectivity index (χ1) is 11.8. The Morgan fingerprint density at radius 2 is 1.92 bits per heavy atom. The highest BCUT2D eigenvalue weighted by Gasteiger charge is 2.09. The lowest BCUT2D eigenvalue weighted by Gasteiger charge is -2.06. The lowest BCUT2D eigenvalue weighted by atomic mass is 10.2. The zero-order chi connectivity index (χ0) is 16.4. The lowest BCUT2D eigenvalue weighted by molar-refractivity contribution is 0.636. The Morgan fingerprint density at radius 1 is 1.04 bits per heavy atom. The third-order valence-corrected chi connectivity index (χ3v) is 3.70. The number of aryl methyl sites for hydroxylation is 1.